The van der Waals surface area contributed by atoms with Gasteiger partial charge in [0.05, 0.1) is 0 Å². The zero-order valence-electron chi connectivity index (χ0n) is 10.5. The van der Waals surface area contributed by atoms with Crippen LogP contribution < -0.4 is 11.1 Å². The predicted octanol–water partition coefficient (Wildman–Crippen LogP) is 2.65. The van der Waals surface area contributed by atoms with Crippen LogP contribution in [0.4, 0.5) is 10.6 Å². The molecule has 2 aromatic rings. The fourth-order valence-corrected chi connectivity index (χ4v) is 2.60. The Balaban J connectivity index is 2.05. The first-order chi connectivity index (χ1) is 9.22. The Kier molecular flexibility index (Phi) is 2.71. The van der Waals surface area contributed by atoms with E-state index >= 15 is 0 Å². The van der Waals surface area contributed by atoms with Crippen molar-refractivity contribution in [3.05, 3.63) is 59.8 Å². The molecule has 0 radical (unpaired) electrons. The Morgan fingerprint density at radius 3 is 2.53 bits per heavy atom. The monoisotopic (exact) mass is 253 g/mol. The van der Waals surface area contributed by atoms with Gasteiger partial charge in [0, 0.05) is 17.2 Å². The molecule has 0 unspecified atom stereocenters. The number of hydrogen-bond acceptors (Lipinski definition) is 2. The lowest BCUT2D eigenvalue weighted by Crippen LogP contribution is -2.23. The lowest BCUT2D eigenvalue weighted by molar-refractivity contribution is 0.259. The molecule has 3 N–H and O–H groups in total. The highest BCUT2D eigenvalue weighted by Crippen LogP contribution is 2.54. The number of urea groups is 1. The van der Waals surface area contributed by atoms with Crippen LogP contribution in [0.15, 0.2) is 48.7 Å². The molecule has 1 saturated carbocycles. The van der Waals surface area contributed by atoms with Gasteiger partial charge in [-0.15, -0.1) is 0 Å². The summed E-state index contributed by atoms with van der Waals surface area (Å²) in [5.41, 5.74) is 7.49. The summed E-state index contributed by atoms with van der Waals surface area (Å²) in [7, 11) is 0. The predicted molar refractivity (Wildman–Crippen MR) is 73.9 cm³/mol. The van der Waals surface area contributed by atoms with E-state index in [-0.39, 0.29) is 5.41 Å². The number of nitrogens with zero attached hydrogens (tertiary/aromatic N) is 1. The summed E-state index contributed by atoms with van der Waals surface area (Å²) in [5.74, 6) is 0.566. The van der Waals surface area contributed by atoms with Crippen LogP contribution in [0.2, 0.25) is 0 Å². The molecule has 0 saturated heterocycles. The van der Waals surface area contributed by atoms with E-state index in [1.165, 1.54) is 5.56 Å². The number of aromatic nitrogens is 1. The van der Waals surface area contributed by atoms with Crippen molar-refractivity contribution in [2.24, 2.45) is 5.73 Å². The van der Waals surface area contributed by atoms with E-state index in [4.69, 9.17) is 5.73 Å². The van der Waals surface area contributed by atoms with Crippen LogP contribution in [0, 0.1) is 0 Å². The summed E-state index contributed by atoms with van der Waals surface area (Å²) in [6.45, 7) is 0. The first-order valence-electron chi connectivity index (χ1n) is 6.30. The van der Waals surface area contributed by atoms with Gasteiger partial charge in [0.25, 0.3) is 0 Å². The molecule has 1 heterocycles. The van der Waals surface area contributed by atoms with Crippen molar-refractivity contribution in [2.75, 3.05) is 5.32 Å². The summed E-state index contributed by atoms with van der Waals surface area (Å²) < 4.78 is 0. The first kappa shape index (κ1) is 11.7. The van der Waals surface area contributed by atoms with E-state index in [9.17, 15) is 4.79 Å². The maximum absolute atomic E-state index is 11.1. The molecular weight excluding hydrogens is 238 g/mol. The lowest BCUT2D eigenvalue weighted by Gasteiger charge is -2.19. The average Bonchev–Trinajstić information content (AvgIpc) is 3.21. The minimum atomic E-state index is -0.580. The number of pyridine rings is 1. The van der Waals surface area contributed by atoms with Crippen molar-refractivity contribution < 1.29 is 4.79 Å². The van der Waals surface area contributed by atoms with E-state index < -0.39 is 6.03 Å². The Hall–Kier alpha value is -2.36. The van der Waals surface area contributed by atoms with Gasteiger partial charge in [-0.25, -0.2) is 9.78 Å². The topological polar surface area (TPSA) is 68.0 Å². The van der Waals surface area contributed by atoms with E-state index in [1.54, 1.807) is 6.20 Å². The molecule has 1 aliphatic carbocycles. The molecule has 2 amide bonds. The van der Waals surface area contributed by atoms with Crippen LogP contribution in [0.25, 0.3) is 0 Å². The minimum Gasteiger partial charge on any atom is -0.351 e. The number of benzene rings is 1. The second kappa shape index (κ2) is 4.39. The van der Waals surface area contributed by atoms with Crippen molar-refractivity contribution in [2.45, 2.75) is 18.3 Å². The highest BCUT2D eigenvalue weighted by molar-refractivity contribution is 5.88. The summed E-state index contributed by atoms with van der Waals surface area (Å²) in [6, 6.07) is 13.6. The molecule has 3 rings (SSSR count). The third-order valence-corrected chi connectivity index (χ3v) is 3.64. The maximum atomic E-state index is 11.1. The second-order valence-corrected chi connectivity index (χ2v) is 4.84. The number of carbonyl (C=O) groups excluding carboxylic acids is 1. The molecule has 19 heavy (non-hydrogen) atoms. The molecule has 1 aromatic heterocycles. The standard InChI is InChI=1S/C15H15N3O/c16-14(19)18-13-12(7-4-10-17-13)15(8-9-15)11-5-2-1-3-6-11/h1-7,10H,8-9H2,(H3,16,17,18,19). The van der Waals surface area contributed by atoms with Crippen LogP contribution in [0.3, 0.4) is 0 Å². The Morgan fingerprint density at radius 2 is 1.89 bits per heavy atom. The molecule has 96 valence electrons. The molecule has 0 aliphatic heterocycles. The van der Waals surface area contributed by atoms with E-state index in [0.29, 0.717) is 5.82 Å². The largest absolute Gasteiger partial charge is 0.351 e. The van der Waals surface area contributed by atoms with Gasteiger partial charge < -0.3 is 5.73 Å². The van der Waals surface area contributed by atoms with Crippen LogP contribution in [-0.4, -0.2) is 11.0 Å². The SMILES string of the molecule is NC(=O)Nc1ncccc1C1(c2ccccc2)CC1. The van der Waals surface area contributed by atoms with E-state index in [1.807, 2.05) is 30.3 Å². The highest BCUT2D eigenvalue weighted by Gasteiger charge is 2.47. The number of amides is 2. The third-order valence-electron chi connectivity index (χ3n) is 3.64. The van der Waals surface area contributed by atoms with Gasteiger partial charge in [0.1, 0.15) is 5.82 Å². The Bertz CT molecular complexity index is 606. The van der Waals surface area contributed by atoms with E-state index in [0.717, 1.165) is 18.4 Å². The smallest absolute Gasteiger partial charge is 0.317 e. The van der Waals surface area contributed by atoms with Gasteiger partial charge >= 0.3 is 6.03 Å². The number of rotatable bonds is 3. The number of anilines is 1. The number of nitrogens with two attached hydrogens (primary N) is 1. The summed E-state index contributed by atoms with van der Waals surface area (Å²) in [6.07, 6.45) is 3.79. The fraction of sp³-hybridized carbons (Fsp3) is 0.200. The van der Waals surface area contributed by atoms with Crippen LogP contribution in [-0.2, 0) is 5.41 Å². The summed E-state index contributed by atoms with van der Waals surface area (Å²) in [5, 5.41) is 2.62. The Morgan fingerprint density at radius 1 is 1.16 bits per heavy atom. The van der Waals surface area contributed by atoms with Gasteiger partial charge in [-0.05, 0) is 24.5 Å². The van der Waals surface area contributed by atoms with Crippen molar-refractivity contribution in [3.63, 3.8) is 0 Å². The zero-order valence-corrected chi connectivity index (χ0v) is 10.5. The van der Waals surface area contributed by atoms with Crippen molar-refractivity contribution in [1.29, 1.82) is 0 Å². The minimum absolute atomic E-state index is 0.0205. The van der Waals surface area contributed by atoms with Gasteiger partial charge in [-0.2, -0.15) is 0 Å². The Labute approximate surface area is 111 Å². The van der Waals surface area contributed by atoms with Crippen LogP contribution in [0.1, 0.15) is 24.0 Å². The first-order valence-corrected chi connectivity index (χ1v) is 6.30. The second-order valence-electron chi connectivity index (χ2n) is 4.84. The molecular formula is C15H15N3O. The average molecular weight is 253 g/mol. The van der Waals surface area contributed by atoms with Crippen molar-refractivity contribution in [1.82, 2.24) is 4.98 Å². The van der Waals surface area contributed by atoms with Gasteiger partial charge in [0.15, 0.2) is 0 Å². The molecule has 0 spiro atoms. The quantitative estimate of drug-likeness (QED) is 0.883. The van der Waals surface area contributed by atoms with Crippen LogP contribution >= 0.6 is 0 Å². The van der Waals surface area contributed by atoms with Gasteiger partial charge in [-0.3, -0.25) is 5.32 Å². The lowest BCUT2D eigenvalue weighted by atomic mass is 9.88. The summed E-state index contributed by atoms with van der Waals surface area (Å²) in [4.78, 5) is 15.3. The molecule has 1 aliphatic rings. The molecule has 0 atom stereocenters. The zero-order chi connectivity index (χ0) is 13.3. The fourth-order valence-electron chi connectivity index (χ4n) is 2.60. The van der Waals surface area contributed by atoms with E-state index in [2.05, 4.69) is 22.4 Å². The summed E-state index contributed by atoms with van der Waals surface area (Å²) >= 11 is 0. The molecule has 1 fully saturated rings. The van der Waals surface area contributed by atoms with Gasteiger partial charge in [0.2, 0.25) is 0 Å². The number of primary amides is 1. The van der Waals surface area contributed by atoms with Gasteiger partial charge in [-0.1, -0.05) is 36.4 Å². The number of nitrogens with one attached hydrogen (secondary N) is 1. The van der Waals surface area contributed by atoms with Crippen molar-refractivity contribution in [3.8, 4) is 0 Å². The normalized spacial score (nSPS) is 15.8. The number of carbonyl (C=O) groups is 1. The number of hydrogen-bond donors (Lipinski definition) is 2. The molecule has 4 nitrogen and oxygen atoms in total. The highest BCUT2D eigenvalue weighted by atomic mass is 16.2. The van der Waals surface area contributed by atoms with Crippen molar-refractivity contribution >= 4 is 11.8 Å². The third kappa shape index (κ3) is 2.05. The van der Waals surface area contributed by atoms with Crippen LogP contribution in [0.5, 0.6) is 0 Å². The molecule has 0 bridgehead atoms. The maximum Gasteiger partial charge on any atom is 0.317 e. The molecule has 1 aromatic carbocycles. The molecule has 4 heteroatoms.